The average molecular weight is 235 g/mol. The second kappa shape index (κ2) is 8.26. The summed E-state index contributed by atoms with van der Waals surface area (Å²) < 4.78 is 0. The van der Waals surface area contributed by atoms with Crippen molar-refractivity contribution in [3.8, 4) is 0 Å². The first-order chi connectivity index (χ1) is 8.24. The van der Waals surface area contributed by atoms with Crippen LogP contribution in [0, 0.1) is 0 Å². The highest BCUT2D eigenvalue weighted by molar-refractivity contribution is 5.18. The summed E-state index contributed by atoms with van der Waals surface area (Å²) >= 11 is 0. The monoisotopic (exact) mass is 235 g/mol. The Morgan fingerprint density at radius 2 is 1.88 bits per heavy atom. The van der Waals surface area contributed by atoms with Crippen LogP contribution in [0.15, 0.2) is 30.3 Å². The number of nitrogens with one attached hydrogen (secondary N) is 1. The Labute approximate surface area is 105 Å². The third-order valence-electron chi connectivity index (χ3n) is 3.12. The van der Waals surface area contributed by atoms with Crippen LogP contribution in [-0.2, 0) is 0 Å². The summed E-state index contributed by atoms with van der Waals surface area (Å²) in [4.78, 5) is 0. The molecule has 0 aliphatic heterocycles. The van der Waals surface area contributed by atoms with E-state index in [0.717, 1.165) is 32.4 Å². The van der Waals surface area contributed by atoms with E-state index in [0.29, 0.717) is 5.92 Å². The van der Waals surface area contributed by atoms with E-state index in [1.54, 1.807) is 0 Å². The molecule has 2 heteroatoms. The molecule has 2 N–H and O–H groups in total. The van der Waals surface area contributed by atoms with Crippen molar-refractivity contribution in [2.45, 2.75) is 45.1 Å². The predicted molar refractivity (Wildman–Crippen MR) is 73.3 cm³/mol. The van der Waals surface area contributed by atoms with Gasteiger partial charge >= 0.3 is 0 Å². The van der Waals surface area contributed by atoms with Crippen molar-refractivity contribution in [2.75, 3.05) is 13.1 Å². The highest BCUT2D eigenvalue weighted by atomic mass is 16.3. The van der Waals surface area contributed by atoms with Crippen LogP contribution in [0.3, 0.4) is 0 Å². The molecule has 1 rings (SSSR count). The summed E-state index contributed by atoms with van der Waals surface area (Å²) in [5, 5.41) is 12.9. The molecular weight excluding hydrogens is 210 g/mol. The van der Waals surface area contributed by atoms with Crippen LogP contribution in [0.5, 0.6) is 0 Å². The maximum Gasteiger partial charge on any atom is 0.0664 e. The number of aliphatic hydroxyl groups excluding tert-OH is 1. The van der Waals surface area contributed by atoms with E-state index < -0.39 is 0 Å². The van der Waals surface area contributed by atoms with Crippen LogP contribution >= 0.6 is 0 Å². The third kappa shape index (κ3) is 5.85. The number of hydrogen-bond donors (Lipinski definition) is 2. The minimum Gasteiger partial charge on any atom is -0.392 e. The molecule has 0 spiro atoms. The topological polar surface area (TPSA) is 32.3 Å². The van der Waals surface area contributed by atoms with Crippen molar-refractivity contribution >= 4 is 0 Å². The van der Waals surface area contributed by atoms with Crippen molar-refractivity contribution in [3.05, 3.63) is 35.9 Å². The van der Waals surface area contributed by atoms with Gasteiger partial charge in [0, 0.05) is 6.54 Å². The lowest BCUT2D eigenvalue weighted by Crippen LogP contribution is -2.27. The fourth-order valence-electron chi connectivity index (χ4n) is 1.97. The Hall–Kier alpha value is -0.860. The van der Waals surface area contributed by atoms with Gasteiger partial charge in [0.1, 0.15) is 0 Å². The minimum absolute atomic E-state index is 0.188. The van der Waals surface area contributed by atoms with Crippen LogP contribution in [0.2, 0.25) is 0 Å². The molecule has 0 aliphatic rings. The Bertz CT molecular complexity index is 286. The summed E-state index contributed by atoms with van der Waals surface area (Å²) in [5.74, 6) is 0.576. The molecule has 0 aromatic heterocycles. The molecule has 2 nitrogen and oxygen atoms in total. The Morgan fingerprint density at radius 3 is 2.53 bits per heavy atom. The molecule has 0 radical (unpaired) electrons. The number of hydrogen-bond acceptors (Lipinski definition) is 2. The lowest BCUT2D eigenvalue weighted by atomic mass is 9.98. The van der Waals surface area contributed by atoms with Gasteiger partial charge in [-0.2, -0.15) is 0 Å². The van der Waals surface area contributed by atoms with E-state index in [-0.39, 0.29) is 6.10 Å². The smallest absolute Gasteiger partial charge is 0.0664 e. The lowest BCUT2D eigenvalue weighted by molar-refractivity contribution is 0.160. The van der Waals surface area contributed by atoms with E-state index in [9.17, 15) is 5.11 Å². The molecular formula is C15H25NO. The maximum atomic E-state index is 9.57. The van der Waals surface area contributed by atoms with Crippen molar-refractivity contribution in [1.82, 2.24) is 5.32 Å². The molecule has 1 aromatic rings. The molecule has 0 heterocycles. The van der Waals surface area contributed by atoms with Gasteiger partial charge in [0.25, 0.3) is 0 Å². The van der Waals surface area contributed by atoms with Crippen LogP contribution in [-0.4, -0.2) is 24.3 Å². The normalized spacial score (nSPS) is 14.5. The largest absolute Gasteiger partial charge is 0.392 e. The van der Waals surface area contributed by atoms with Gasteiger partial charge in [-0.1, -0.05) is 50.6 Å². The van der Waals surface area contributed by atoms with Crippen LogP contribution < -0.4 is 5.32 Å². The fraction of sp³-hybridized carbons (Fsp3) is 0.600. The summed E-state index contributed by atoms with van der Waals surface area (Å²) in [6.07, 6.45) is 2.86. The van der Waals surface area contributed by atoms with Crippen LogP contribution in [0.4, 0.5) is 0 Å². The highest BCUT2D eigenvalue weighted by Gasteiger charge is 2.05. The van der Waals surface area contributed by atoms with Crippen molar-refractivity contribution in [1.29, 1.82) is 0 Å². The number of rotatable bonds is 8. The molecule has 0 aliphatic carbocycles. The van der Waals surface area contributed by atoms with Gasteiger partial charge in [-0.15, -0.1) is 0 Å². The first-order valence-electron chi connectivity index (χ1n) is 6.67. The molecule has 0 saturated heterocycles. The molecule has 0 fully saturated rings. The van der Waals surface area contributed by atoms with Crippen molar-refractivity contribution in [3.63, 3.8) is 0 Å². The van der Waals surface area contributed by atoms with Crippen molar-refractivity contribution < 1.29 is 5.11 Å². The number of benzene rings is 1. The second-order valence-corrected chi connectivity index (χ2v) is 4.75. The van der Waals surface area contributed by atoms with Gasteiger partial charge in [0.05, 0.1) is 6.10 Å². The number of aliphatic hydroxyl groups is 1. The summed E-state index contributed by atoms with van der Waals surface area (Å²) in [5.41, 5.74) is 1.39. The van der Waals surface area contributed by atoms with E-state index in [1.807, 2.05) is 0 Å². The van der Waals surface area contributed by atoms with Gasteiger partial charge in [-0.05, 0) is 30.9 Å². The first-order valence-corrected chi connectivity index (χ1v) is 6.67. The van der Waals surface area contributed by atoms with Gasteiger partial charge in [0.2, 0.25) is 0 Å². The third-order valence-corrected chi connectivity index (χ3v) is 3.12. The molecule has 2 unspecified atom stereocenters. The summed E-state index contributed by atoms with van der Waals surface area (Å²) in [7, 11) is 0. The summed E-state index contributed by atoms with van der Waals surface area (Å²) in [6, 6.07) is 10.6. The molecule has 2 atom stereocenters. The van der Waals surface area contributed by atoms with Gasteiger partial charge < -0.3 is 10.4 Å². The Kier molecular flexibility index (Phi) is 6.90. The fourth-order valence-corrected chi connectivity index (χ4v) is 1.97. The zero-order valence-corrected chi connectivity index (χ0v) is 11.0. The first kappa shape index (κ1) is 14.2. The standard InChI is InChI=1S/C15H25NO/c1-3-7-15(17)12-16-11-10-13(2)14-8-5-4-6-9-14/h4-6,8-9,13,15-17H,3,7,10-12H2,1-2H3. The highest BCUT2D eigenvalue weighted by Crippen LogP contribution is 2.17. The molecule has 17 heavy (non-hydrogen) atoms. The zero-order chi connectivity index (χ0) is 12.5. The Balaban J connectivity index is 2.14. The molecule has 0 amide bonds. The van der Waals surface area contributed by atoms with Gasteiger partial charge in [-0.3, -0.25) is 0 Å². The maximum absolute atomic E-state index is 9.57. The van der Waals surface area contributed by atoms with E-state index in [4.69, 9.17) is 0 Å². The Morgan fingerprint density at radius 1 is 1.18 bits per heavy atom. The lowest BCUT2D eigenvalue weighted by Gasteiger charge is -2.14. The van der Waals surface area contributed by atoms with Crippen LogP contribution in [0.25, 0.3) is 0 Å². The van der Waals surface area contributed by atoms with E-state index >= 15 is 0 Å². The molecule has 0 bridgehead atoms. The van der Waals surface area contributed by atoms with E-state index in [2.05, 4.69) is 49.5 Å². The zero-order valence-electron chi connectivity index (χ0n) is 11.0. The minimum atomic E-state index is -0.188. The van der Waals surface area contributed by atoms with E-state index in [1.165, 1.54) is 5.56 Å². The molecule has 1 aromatic carbocycles. The molecule has 96 valence electrons. The van der Waals surface area contributed by atoms with Gasteiger partial charge in [0.15, 0.2) is 0 Å². The molecule has 0 saturated carbocycles. The predicted octanol–water partition coefficient (Wildman–Crippen LogP) is 2.93. The SMILES string of the molecule is CCCC(O)CNCCC(C)c1ccccc1. The van der Waals surface area contributed by atoms with Crippen molar-refractivity contribution in [2.24, 2.45) is 0 Å². The second-order valence-electron chi connectivity index (χ2n) is 4.75. The van der Waals surface area contributed by atoms with Gasteiger partial charge in [-0.25, -0.2) is 0 Å². The quantitative estimate of drug-likeness (QED) is 0.679. The summed E-state index contributed by atoms with van der Waals surface area (Å²) in [6.45, 7) is 6.03. The van der Waals surface area contributed by atoms with Crippen LogP contribution in [0.1, 0.15) is 44.6 Å². The average Bonchev–Trinajstić information content (AvgIpc) is 2.36.